The lowest BCUT2D eigenvalue weighted by Crippen LogP contribution is -2.24. The smallest absolute Gasteiger partial charge is 0.411 e. The summed E-state index contributed by atoms with van der Waals surface area (Å²) in [5.74, 6) is -0.272. The molecule has 1 N–H and O–H groups in total. The van der Waals surface area contributed by atoms with Crippen molar-refractivity contribution in [2.45, 2.75) is 13.1 Å². The fourth-order valence-electron chi connectivity index (χ4n) is 1.53. The van der Waals surface area contributed by atoms with E-state index in [1.54, 1.807) is 18.2 Å². The minimum absolute atomic E-state index is 0.285. The lowest BCUT2D eigenvalue weighted by Gasteiger charge is -2.13. The fraction of sp³-hybridized carbons (Fsp3) is 0.500. The maximum absolute atomic E-state index is 11.9. The van der Waals surface area contributed by atoms with E-state index in [0.717, 1.165) is 5.56 Å². The summed E-state index contributed by atoms with van der Waals surface area (Å²) >= 11 is 0. The molecule has 0 heterocycles. The Kier molecular flexibility index (Phi) is 7.13. The van der Waals surface area contributed by atoms with Crippen molar-refractivity contribution in [2.75, 3.05) is 38.9 Å². The highest BCUT2D eigenvalue weighted by molar-refractivity contribution is 5.93. The van der Waals surface area contributed by atoms with Crippen molar-refractivity contribution >= 4 is 11.6 Å². The highest BCUT2D eigenvalue weighted by atomic mass is 19.4. The first-order valence-electron chi connectivity index (χ1n) is 6.48. The van der Waals surface area contributed by atoms with Crippen LogP contribution in [-0.2, 0) is 14.3 Å². The predicted molar refractivity (Wildman–Crippen MR) is 74.1 cm³/mol. The average Bonchev–Trinajstić information content (AvgIpc) is 2.40. The van der Waals surface area contributed by atoms with E-state index in [4.69, 9.17) is 9.47 Å². The fourth-order valence-corrected chi connectivity index (χ4v) is 1.53. The summed E-state index contributed by atoms with van der Waals surface area (Å²) < 4.78 is 50.4. The van der Waals surface area contributed by atoms with E-state index < -0.39 is 25.3 Å². The first-order chi connectivity index (χ1) is 10.3. The SMILES string of the molecule is COCCOc1cc(C)ccc1NC(=O)COCC(F)(F)F. The second kappa shape index (κ2) is 8.60. The number of benzene rings is 1. The van der Waals surface area contributed by atoms with Gasteiger partial charge < -0.3 is 19.5 Å². The number of nitrogens with one attached hydrogen (secondary N) is 1. The summed E-state index contributed by atoms with van der Waals surface area (Å²) in [5, 5.41) is 2.45. The molecule has 0 bridgehead atoms. The highest BCUT2D eigenvalue weighted by Gasteiger charge is 2.27. The molecular weight excluding hydrogens is 303 g/mol. The maximum atomic E-state index is 11.9. The van der Waals surface area contributed by atoms with E-state index in [1.807, 2.05) is 6.92 Å². The number of carbonyl (C=O) groups excluding carboxylic acids is 1. The van der Waals surface area contributed by atoms with Crippen LogP contribution in [0.4, 0.5) is 18.9 Å². The van der Waals surface area contributed by atoms with Crippen LogP contribution in [0.5, 0.6) is 5.75 Å². The molecule has 0 unspecified atom stereocenters. The van der Waals surface area contributed by atoms with E-state index in [1.165, 1.54) is 7.11 Å². The van der Waals surface area contributed by atoms with E-state index in [2.05, 4.69) is 10.1 Å². The van der Waals surface area contributed by atoms with Crippen molar-refractivity contribution < 1.29 is 32.2 Å². The zero-order valence-corrected chi connectivity index (χ0v) is 12.3. The van der Waals surface area contributed by atoms with Crippen LogP contribution in [0.25, 0.3) is 0 Å². The van der Waals surface area contributed by atoms with E-state index in [0.29, 0.717) is 18.0 Å². The first kappa shape index (κ1) is 18.2. The van der Waals surface area contributed by atoms with Gasteiger partial charge in [0.2, 0.25) is 5.91 Å². The molecule has 0 aliphatic heterocycles. The summed E-state index contributed by atoms with van der Waals surface area (Å²) in [6.45, 7) is 0.348. The molecule has 0 saturated carbocycles. The van der Waals surface area contributed by atoms with Gasteiger partial charge in [-0.3, -0.25) is 4.79 Å². The topological polar surface area (TPSA) is 56.8 Å². The average molecular weight is 321 g/mol. The monoisotopic (exact) mass is 321 g/mol. The number of alkyl halides is 3. The minimum Gasteiger partial charge on any atom is -0.489 e. The molecule has 0 aliphatic rings. The van der Waals surface area contributed by atoms with Crippen LogP contribution in [0.15, 0.2) is 18.2 Å². The summed E-state index contributed by atoms with van der Waals surface area (Å²) in [4.78, 5) is 11.6. The molecule has 8 heteroatoms. The van der Waals surface area contributed by atoms with E-state index >= 15 is 0 Å². The Balaban J connectivity index is 2.57. The molecule has 1 aromatic rings. The number of amides is 1. The number of anilines is 1. The van der Waals surface area contributed by atoms with Gasteiger partial charge in [0.25, 0.3) is 0 Å². The van der Waals surface area contributed by atoms with Gasteiger partial charge in [0, 0.05) is 7.11 Å². The number of aryl methyl sites for hydroxylation is 1. The Hall–Kier alpha value is -1.80. The van der Waals surface area contributed by atoms with Crippen LogP contribution in [0, 0.1) is 6.92 Å². The normalized spacial score (nSPS) is 11.3. The second-order valence-corrected chi connectivity index (χ2v) is 4.50. The Morgan fingerprint density at radius 1 is 1.27 bits per heavy atom. The Morgan fingerprint density at radius 3 is 2.64 bits per heavy atom. The molecule has 0 aromatic heterocycles. The number of ether oxygens (including phenoxy) is 3. The van der Waals surface area contributed by atoms with Gasteiger partial charge in [-0.15, -0.1) is 0 Å². The van der Waals surface area contributed by atoms with Gasteiger partial charge in [-0.1, -0.05) is 6.07 Å². The van der Waals surface area contributed by atoms with Gasteiger partial charge in [-0.2, -0.15) is 13.2 Å². The van der Waals surface area contributed by atoms with Gasteiger partial charge in [0.15, 0.2) is 0 Å². The molecule has 1 rings (SSSR count). The van der Waals surface area contributed by atoms with Gasteiger partial charge in [0.05, 0.1) is 12.3 Å². The van der Waals surface area contributed by atoms with Crippen LogP contribution in [0.3, 0.4) is 0 Å². The van der Waals surface area contributed by atoms with Crippen LogP contribution in [0.1, 0.15) is 5.56 Å². The number of hydrogen-bond donors (Lipinski definition) is 1. The van der Waals surface area contributed by atoms with Crippen LogP contribution >= 0.6 is 0 Å². The lowest BCUT2D eigenvalue weighted by molar-refractivity contribution is -0.174. The minimum atomic E-state index is -4.46. The molecule has 0 saturated heterocycles. The predicted octanol–water partition coefficient (Wildman–Crippen LogP) is 2.54. The third-order valence-corrected chi connectivity index (χ3v) is 2.46. The Morgan fingerprint density at radius 2 is 2.00 bits per heavy atom. The van der Waals surface area contributed by atoms with Crippen LogP contribution in [-0.4, -0.2) is 45.6 Å². The number of carbonyl (C=O) groups is 1. The molecule has 0 aliphatic carbocycles. The molecule has 22 heavy (non-hydrogen) atoms. The highest BCUT2D eigenvalue weighted by Crippen LogP contribution is 2.25. The molecular formula is C14H18F3NO4. The molecule has 124 valence electrons. The third-order valence-electron chi connectivity index (χ3n) is 2.46. The number of hydrogen-bond acceptors (Lipinski definition) is 4. The van der Waals surface area contributed by atoms with Crippen molar-refractivity contribution in [3.05, 3.63) is 23.8 Å². The first-order valence-corrected chi connectivity index (χ1v) is 6.48. The van der Waals surface area contributed by atoms with E-state index in [-0.39, 0.29) is 6.61 Å². The third kappa shape index (κ3) is 7.28. The molecule has 5 nitrogen and oxygen atoms in total. The zero-order valence-electron chi connectivity index (χ0n) is 12.3. The molecule has 0 atom stereocenters. The number of rotatable bonds is 8. The van der Waals surface area contributed by atoms with Crippen LogP contribution < -0.4 is 10.1 Å². The number of methoxy groups -OCH3 is 1. The Labute approximate surface area is 126 Å². The van der Waals surface area contributed by atoms with Crippen molar-refractivity contribution in [2.24, 2.45) is 0 Å². The van der Waals surface area contributed by atoms with Gasteiger partial charge in [-0.05, 0) is 24.6 Å². The largest absolute Gasteiger partial charge is 0.489 e. The lowest BCUT2D eigenvalue weighted by atomic mass is 10.2. The Bertz CT molecular complexity index is 491. The van der Waals surface area contributed by atoms with Gasteiger partial charge in [0.1, 0.15) is 25.6 Å². The second-order valence-electron chi connectivity index (χ2n) is 4.50. The van der Waals surface area contributed by atoms with Crippen molar-refractivity contribution in [3.63, 3.8) is 0 Å². The summed E-state index contributed by atoms with van der Waals surface area (Å²) in [6, 6.07) is 5.07. The van der Waals surface area contributed by atoms with Crippen molar-refractivity contribution in [1.82, 2.24) is 0 Å². The number of halogens is 3. The van der Waals surface area contributed by atoms with Gasteiger partial charge >= 0.3 is 6.18 Å². The molecule has 1 aromatic carbocycles. The summed E-state index contributed by atoms with van der Waals surface area (Å²) in [6.07, 6.45) is -4.46. The summed E-state index contributed by atoms with van der Waals surface area (Å²) in [5.41, 5.74) is 1.28. The molecule has 0 fully saturated rings. The molecule has 1 amide bonds. The maximum Gasteiger partial charge on any atom is 0.411 e. The zero-order chi connectivity index (χ0) is 16.6. The van der Waals surface area contributed by atoms with E-state index in [9.17, 15) is 18.0 Å². The van der Waals surface area contributed by atoms with Crippen molar-refractivity contribution in [1.29, 1.82) is 0 Å². The van der Waals surface area contributed by atoms with Crippen molar-refractivity contribution in [3.8, 4) is 5.75 Å². The van der Waals surface area contributed by atoms with Gasteiger partial charge in [-0.25, -0.2) is 0 Å². The summed E-state index contributed by atoms with van der Waals surface area (Å²) in [7, 11) is 1.53. The van der Waals surface area contributed by atoms with Crippen LogP contribution in [0.2, 0.25) is 0 Å². The molecule has 0 spiro atoms. The quantitative estimate of drug-likeness (QED) is 0.748. The molecule has 0 radical (unpaired) electrons. The standard InChI is InChI=1S/C14H18F3NO4/c1-10-3-4-11(12(7-10)22-6-5-20-2)18-13(19)8-21-9-14(15,16)17/h3-4,7H,5-6,8-9H2,1-2H3,(H,18,19).